The fourth-order valence-electron chi connectivity index (χ4n) is 2.38. The number of nitrogens with two attached hydrogens (primary N) is 1. The van der Waals surface area contributed by atoms with Crippen LogP contribution in [-0.4, -0.2) is 12.5 Å². The first-order chi connectivity index (χ1) is 9.33. The smallest absolute Gasteiger partial charge is 0.150 e. The number of hydrogen-bond donors (Lipinski definition) is 1. The highest BCUT2D eigenvalue weighted by atomic mass is 16.1. The molecule has 2 N–H and O–H groups in total. The highest BCUT2D eigenvalue weighted by molar-refractivity contribution is 6.10. The van der Waals surface area contributed by atoms with Crippen molar-refractivity contribution in [3.8, 4) is 0 Å². The number of carbonyl (C=O) groups is 1. The number of fused-ring (bicyclic) bond motifs is 2. The van der Waals surface area contributed by atoms with Gasteiger partial charge >= 0.3 is 0 Å². The standard InChI is InChI=1S/C16H12N2O/c17-18-9-16-14(10-19)6-5-13-7-11-3-1-2-4-12(11)8-15(13)16/h1-10H,17H2. The lowest BCUT2D eigenvalue weighted by Crippen LogP contribution is -1.95. The number of hydrazone groups is 1. The zero-order chi connectivity index (χ0) is 13.2. The van der Waals surface area contributed by atoms with Gasteiger partial charge in [0.1, 0.15) is 0 Å². The third kappa shape index (κ3) is 1.85. The van der Waals surface area contributed by atoms with E-state index in [0.717, 1.165) is 28.0 Å². The van der Waals surface area contributed by atoms with E-state index in [9.17, 15) is 4.79 Å². The Kier molecular flexibility index (Phi) is 2.72. The normalized spacial score (nSPS) is 11.4. The third-order valence-corrected chi connectivity index (χ3v) is 3.29. The molecule has 0 aliphatic heterocycles. The van der Waals surface area contributed by atoms with E-state index in [1.54, 1.807) is 6.07 Å². The fraction of sp³-hybridized carbons (Fsp3) is 0. The molecule has 0 spiro atoms. The molecule has 0 bridgehead atoms. The Morgan fingerprint density at radius 2 is 1.68 bits per heavy atom. The van der Waals surface area contributed by atoms with Crippen molar-refractivity contribution in [1.82, 2.24) is 0 Å². The minimum Gasteiger partial charge on any atom is -0.323 e. The van der Waals surface area contributed by atoms with Crippen molar-refractivity contribution in [3.63, 3.8) is 0 Å². The molecule has 0 atom stereocenters. The van der Waals surface area contributed by atoms with Gasteiger partial charge in [-0.1, -0.05) is 36.4 Å². The second-order valence-electron chi connectivity index (χ2n) is 4.38. The van der Waals surface area contributed by atoms with Gasteiger partial charge in [0.05, 0.1) is 6.21 Å². The van der Waals surface area contributed by atoms with E-state index in [-0.39, 0.29) is 0 Å². The van der Waals surface area contributed by atoms with Crippen molar-refractivity contribution in [2.45, 2.75) is 0 Å². The number of carbonyl (C=O) groups excluding carboxylic acids is 1. The Hall–Kier alpha value is -2.68. The summed E-state index contributed by atoms with van der Waals surface area (Å²) >= 11 is 0. The van der Waals surface area contributed by atoms with Gasteiger partial charge in [-0.15, -0.1) is 0 Å². The maximum absolute atomic E-state index is 11.1. The molecule has 3 rings (SSSR count). The summed E-state index contributed by atoms with van der Waals surface area (Å²) < 4.78 is 0. The highest BCUT2D eigenvalue weighted by Gasteiger charge is 2.06. The molecule has 3 heteroatoms. The molecule has 0 aliphatic carbocycles. The minimum atomic E-state index is 0.594. The van der Waals surface area contributed by atoms with Crippen molar-refractivity contribution in [1.29, 1.82) is 0 Å². The van der Waals surface area contributed by atoms with Crippen LogP contribution in [0.4, 0.5) is 0 Å². The Morgan fingerprint density at radius 3 is 2.37 bits per heavy atom. The van der Waals surface area contributed by atoms with E-state index in [1.165, 1.54) is 11.6 Å². The average molecular weight is 248 g/mol. The summed E-state index contributed by atoms with van der Waals surface area (Å²) in [4.78, 5) is 11.1. The molecular formula is C16H12N2O. The molecule has 92 valence electrons. The van der Waals surface area contributed by atoms with E-state index < -0.39 is 0 Å². The molecule has 3 aromatic rings. The zero-order valence-corrected chi connectivity index (χ0v) is 10.2. The average Bonchev–Trinajstić information content (AvgIpc) is 2.46. The molecule has 0 saturated heterocycles. The molecule has 0 heterocycles. The van der Waals surface area contributed by atoms with Crippen molar-refractivity contribution in [3.05, 3.63) is 59.7 Å². The van der Waals surface area contributed by atoms with E-state index in [2.05, 4.69) is 23.3 Å². The number of hydrogen-bond acceptors (Lipinski definition) is 3. The van der Waals surface area contributed by atoms with Gasteiger partial charge in [-0.25, -0.2) is 0 Å². The first kappa shape index (κ1) is 11.4. The highest BCUT2D eigenvalue weighted by Crippen LogP contribution is 2.26. The van der Waals surface area contributed by atoms with Gasteiger partial charge in [-0.2, -0.15) is 5.10 Å². The molecule has 0 radical (unpaired) electrons. The third-order valence-electron chi connectivity index (χ3n) is 3.29. The Labute approximate surface area is 110 Å². The Morgan fingerprint density at radius 1 is 0.947 bits per heavy atom. The van der Waals surface area contributed by atoms with Gasteiger partial charge in [-0.3, -0.25) is 4.79 Å². The SMILES string of the molecule is NN=Cc1c(C=O)ccc2cc3ccccc3cc12. The van der Waals surface area contributed by atoms with E-state index in [4.69, 9.17) is 5.84 Å². The predicted octanol–water partition coefficient (Wildman–Crippen LogP) is 3.10. The lowest BCUT2D eigenvalue weighted by Gasteiger charge is -2.07. The summed E-state index contributed by atoms with van der Waals surface area (Å²) in [5.41, 5.74) is 1.36. The van der Waals surface area contributed by atoms with Gasteiger partial charge in [0, 0.05) is 11.1 Å². The van der Waals surface area contributed by atoms with Crippen LogP contribution in [0.1, 0.15) is 15.9 Å². The number of benzene rings is 3. The summed E-state index contributed by atoms with van der Waals surface area (Å²) in [5, 5.41) is 7.91. The number of rotatable bonds is 2. The first-order valence-electron chi connectivity index (χ1n) is 5.97. The maximum atomic E-state index is 11.1. The predicted molar refractivity (Wildman–Crippen MR) is 78.6 cm³/mol. The van der Waals surface area contributed by atoms with Crippen molar-refractivity contribution >= 4 is 34.0 Å². The van der Waals surface area contributed by atoms with Gasteiger partial charge in [0.25, 0.3) is 0 Å². The van der Waals surface area contributed by atoms with E-state index in [1.807, 2.05) is 24.3 Å². The second kappa shape index (κ2) is 4.53. The Bertz CT molecular complexity index is 806. The van der Waals surface area contributed by atoms with E-state index >= 15 is 0 Å². The van der Waals surface area contributed by atoms with Crippen molar-refractivity contribution in [2.24, 2.45) is 10.9 Å². The lowest BCUT2D eigenvalue weighted by molar-refractivity contribution is 0.112. The summed E-state index contributed by atoms with van der Waals surface area (Å²) in [6, 6.07) is 16.0. The molecule has 3 aromatic carbocycles. The Balaban J connectivity index is 2.46. The largest absolute Gasteiger partial charge is 0.323 e. The zero-order valence-electron chi connectivity index (χ0n) is 10.2. The molecule has 0 unspecified atom stereocenters. The van der Waals surface area contributed by atoms with Crippen LogP contribution in [0.15, 0.2) is 53.6 Å². The molecule has 0 fully saturated rings. The fourth-order valence-corrected chi connectivity index (χ4v) is 2.38. The molecule has 0 saturated carbocycles. The van der Waals surface area contributed by atoms with Gasteiger partial charge in [0.15, 0.2) is 6.29 Å². The quantitative estimate of drug-likeness (QED) is 0.249. The van der Waals surface area contributed by atoms with Crippen LogP contribution < -0.4 is 5.84 Å². The van der Waals surface area contributed by atoms with Crippen LogP contribution >= 0.6 is 0 Å². The van der Waals surface area contributed by atoms with Crippen LogP contribution in [0.5, 0.6) is 0 Å². The molecule has 19 heavy (non-hydrogen) atoms. The number of nitrogens with zero attached hydrogens (tertiary/aromatic N) is 1. The second-order valence-corrected chi connectivity index (χ2v) is 4.38. The summed E-state index contributed by atoms with van der Waals surface area (Å²) in [5.74, 6) is 5.24. The van der Waals surface area contributed by atoms with Crippen LogP contribution in [0.3, 0.4) is 0 Å². The molecular weight excluding hydrogens is 236 g/mol. The lowest BCUT2D eigenvalue weighted by atomic mass is 9.97. The molecule has 0 amide bonds. The summed E-state index contributed by atoms with van der Waals surface area (Å²) in [6.45, 7) is 0. The van der Waals surface area contributed by atoms with Crippen molar-refractivity contribution in [2.75, 3.05) is 0 Å². The van der Waals surface area contributed by atoms with Gasteiger partial charge in [-0.05, 0) is 33.7 Å². The topological polar surface area (TPSA) is 55.4 Å². The van der Waals surface area contributed by atoms with Gasteiger partial charge in [0.2, 0.25) is 0 Å². The number of aldehydes is 1. The maximum Gasteiger partial charge on any atom is 0.150 e. The molecule has 0 aliphatic rings. The van der Waals surface area contributed by atoms with Crippen LogP contribution in [-0.2, 0) is 0 Å². The summed E-state index contributed by atoms with van der Waals surface area (Å²) in [6.07, 6.45) is 2.35. The van der Waals surface area contributed by atoms with Crippen LogP contribution in [0, 0.1) is 0 Å². The first-order valence-corrected chi connectivity index (χ1v) is 5.97. The van der Waals surface area contributed by atoms with Gasteiger partial charge < -0.3 is 5.84 Å². The van der Waals surface area contributed by atoms with Crippen molar-refractivity contribution < 1.29 is 4.79 Å². The molecule has 3 nitrogen and oxygen atoms in total. The van der Waals surface area contributed by atoms with E-state index in [0.29, 0.717) is 5.56 Å². The minimum absolute atomic E-state index is 0.594. The molecule has 0 aromatic heterocycles. The summed E-state index contributed by atoms with van der Waals surface area (Å²) in [7, 11) is 0. The van der Waals surface area contributed by atoms with Crippen LogP contribution in [0.2, 0.25) is 0 Å². The monoisotopic (exact) mass is 248 g/mol. The van der Waals surface area contributed by atoms with Crippen LogP contribution in [0.25, 0.3) is 21.5 Å².